The average Bonchev–Trinajstić information content (AvgIpc) is 1.88. The van der Waals surface area contributed by atoms with Gasteiger partial charge >= 0.3 is 0 Å². The van der Waals surface area contributed by atoms with Gasteiger partial charge in [-0.3, -0.25) is 4.79 Å². The molecule has 0 rings (SSSR count). The quantitative estimate of drug-likeness (QED) is 0.383. The fourth-order valence-electron chi connectivity index (χ4n) is 0.422. The van der Waals surface area contributed by atoms with E-state index < -0.39 is 0 Å². The number of allylic oxidation sites excluding steroid dienone is 2. The van der Waals surface area contributed by atoms with E-state index in [0.717, 1.165) is 0 Å². The van der Waals surface area contributed by atoms with Gasteiger partial charge < -0.3 is 0 Å². The van der Waals surface area contributed by atoms with Crippen molar-refractivity contribution < 1.29 is 4.79 Å². The lowest BCUT2D eigenvalue weighted by atomic mass is 10.3. The van der Waals surface area contributed by atoms with Crippen molar-refractivity contribution in [1.29, 1.82) is 0 Å². The Morgan fingerprint density at radius 3 is 2.36 bits per heavy atom. The highest BCUT2D eigenvalue weighted by molar-refractivity contribution is 6.72. The summed E-state index contributed by atoms with van der Waals surface area (Å²) < 4.78 is 0. The third-order valence-corrected chi connectivity index (χ3v) is 1.42. The van der Waals surface area contributed by atoms with Gasteiger partial charge in [-0.05, 0) is 6.92 Å². The van der Waals surface area contributed by atoms with Crippen LogP contribution < -0.4 is 0 Å². The number of nitrogens with zero attached hydrogens (tertiary/aromatic N) is 1. The molecule has 11 heavy (non-hydrogen) atoms. The van der Waals surface area contributed by atoms with E-state index >= 15 is 0 Å². The summed E-state index contributed by atoms with van der Waals surface area (Å²) in [4.78, 5) is 13.9. The van der Waals surface area contributed by atoms with Crippen LogP contribution in [0.4, 0.5) is 0 Å². The fraction of sp³-hybridized carbons (Fsp3) is 0.143. The molecule has 0 spiro atoms. The second kappa shape index (κ2) is 5.10. The normalized spacial score (nSPS) is 13.9. The van der Waals surface area contributed by atoms with Crippen LogP contribution in [0.2, 0.25) is 0 Å². The molecule has 0 amide bonds. The van der Waals surface area contributed by atoms with Gasteiger partial charge in [0.05, 0.1) is 5.57 Å². The Labute approximate surface area is 75.2 Å². The van der Waals surface area contributed by atoms with Gasteiger partial charge in [-0.25, -0.2) is 4.99 Å². The van der Waals surface area contributed by atoms with Crippen LogP contribution in [0, 0.1) is 0 Å². The Morgan fingerprint density at radius 1 is 1.55 bits per heavy atom. The standard InChI is InChI=1S/C7H7Cl2NO/c1-3-10-7(9)6(4-11)5(2)8/h3-4H,1H2,2H3/b6-5+,10-7+. The summed E-state index contributed by atoms with van der Waals surface area (Å²) in [6, 6.07) is 0. The first-order chi connectivity index (χ1) is 5.13. The monoisotopic (exact) mass is 191 g/mol. The molecule has 0 saturated heterocycles. The minimum Gasteiger partial charge on any atom is -0.298 e. The Balaban J connectivity index is 4.81. The van der Waals surface area contributed by atoms with Gasteiger partial charge in [-0.15, -0.1) is 0 Å². The zero-order valence-electron chi connectivity index (χ0n) is 5.97. The maximum Gasteiger partial charge on any atom is 0.154 e. The molecule has 0 N–H and O–H groups in total. The molecule has 4 heteroatoms. The van der Waals surface area contributed by atoms with Crippen molar-refractivity contribution in [1.82, 2.24) is 0 Å². The van der Waals surface area contributed by atoms with E-state index in [1.165, 1.54) is 6.20 Å². The van der Waals surface area contributed by atoms with Gasteiger partial charge in [0.25, 0.3) is 0 Å². The molecule has 0 atom stereocenters. The summed E-state index contributed by atoms with van der Waals surface area (Å²) in [5.74, 6) is 0. The number of carbonyl (C=O) groups is 1. The molecule has 0 aromatic carbocycles. The van der Waals surface area contributed by atoms with E-state index in [2.05, 4.69) is 11.6 Å². The van der Waals surface area contributed by atoms with Crippen LogP contribution >= 0.6 is 23.2 Å². The van der Waals surface area contributed by atoms with Gasteiger partial charge in [0.15, 0.2) is 6.29 Å². The molecule has 0 radical (unpaired) electrons. The molecule has 0 aliphatic rings. The van der Waals surface area contributed by atoms with Crippen LogP contribution in [0.3, 0.4) is 0 Å². The predicted molar refractivity (Wildman–Crippen MR) is 48.1 cm³/mol. The first-order valence-electron chi connectivity index (χ1n) is 2.79. The van der Waals surface area contributed by atoms with E-state index in [0.29, 0.717) is 11.3 Å². The van der Waals surface area contributed by atoms with E-state index in [1.54, 1.807) is 6.92 Å². The molecule has 0 heterocycles. The zero-order valence-corrected chi connectivity index (χ0v) is 7.49. The van der Waals surface area contributed by atoms with Gasteiger partial charge in [0.1, 0.15) is 5.17 Å². The summed E-state index contributed by atoms with van der Waals surface area (Å²) in [6.07, 6.45) is 1.79. The van der Waals surface area contributed by atoms with Gasteiger partial charge in [-0.1, -0.05) is 29.8 Å². The lowest BCUT2D eigenvalue weighted by Gasteiger charge is -1.94. The van der Waals surface area contributed by atoms with E-state index in [9.17, 15) is 4.79 Å². The van der Waals surface area contributed by atoms with Crippen molar-refractivity contribution >= 4 is 34.7 Å². The van der Waals surface area contributed by atoms with Crippen LogP contribution in [-0.4, -0.2) is 11.5 Å². The summed E-state index contributed by atoms with van der Waals surface area (Å²) in [7, 11) is 0. The molecule has 2 nitrogen and oxygen atoms in total. The molecule has 0 aliphatic carbocycles. The van der Waals surface area contributed by atoms with E-state index in [-0.39, 0.29) is 10.7 Å². The highest BCUT2D eigenvalue weighted by Crippen LogP contribution is 2.10. The molecule has 0 saturated carbocycles. The lowest BCUT2D eigenvalue weighted by molar-refractivity contribution is -0.104. The maximum absolute atomic E-state index is 10.3. The Morgan fingerprint density at radius 2 is 2.09 bits per heavy atom. The van der Waals surface area contributed by atoms with Gasteiger partial charge in [0.2, 0.25) is 0 Å². The van der Waals surface area contributed by atoms with E-state index in [4.69, 9.17) is 23.2 Å². The number of rotatable bonds is 3. The van der Waals surface area contributed by atoms with Gasteiger partial charge in [0, 0.05) is 11.2 Å². The average molecular weight is 192 g/mol. The number of hydrogen-bond donors (Lipinski definition) is 0. The van der Waals surface area contributed by atoms with Crippen molar-refractivity contribution in [3.05, 3.63) is 23.4 Å². The fourth-order valence-corrected chi connectivity index (χ4v) is 0.859. The molecular formula is C7H7Cl2NO. The predicted octanol–water partition coefficient (Wildman–Crippen LogP) is 2.48. The summed E-state index contributed by atoms with van der Waals surface area (Å²) in [5, 5.41) is 0.373. The number of hydrogen-bond acceptors (Lipinski definition) is 2. The molecule has 60 valence electrons. The molecule has 0 fully saturated rings. The second-order valence-corrected chi connectivity index (χ2v) is 2.59. The van der Waals surface area contributed by atoms with Gasteiger partial charge in [-0.2, -0.15) is 0 Å². The topological polar surface area (TPSA) is 29.4 Å². The third kappa shape index (κ3) is 3.35. The molecular weight excluding hydrogens is 185 g/mol. The number of aldehydes is 1. The number of aliphatic imine (C=N–C) groups is 1. The molecule has 0 aromatic rings. The van der Waals surface area contributed by atoms with Crippen LogP contribution in [-0.2, 0) is 4.79 Å². The van der Waals surface area contributed by atoms with Crippen molar-refractivity contribution in [2.45, 2.75) is 6.92 Å². The zero-order chi connectivity index (χ0) is 8.85. The van der Waals surface area contributed by atoms with Crippen LogP contribution in [0.25, 0.3) is 0 Å². The first kappa shape index (κ1) is 10.4. The molecule has 0 bridgehead atoms. The minimum absolute atomic E-state index is 0.0579. The number of carbonyl (C=O) groups excluding carboxylic acids is 1. The Bertz CT molecular complexity index is 227. The molecule has 0 aromatic heterocycles. The minimum atomic E-state index is 0.0579. The van der Waals surface area contributed by atoms with Crippen LogP contribution in [0.15, 0.2) is 28.4 Å². The Kier molecular flexibility index (Phi) is 4.83. The highest BCUT2D eigenvalue weighted by atomic mass is 35.5. The summed E-state index contributed by atoms with van der Waals surface area (Å²) >= 11 is 11.1. The maximum atomic E-state index is 10.3. The van der Waals surface area contributed by atoms with Crippen molar-refractivity contribution in [3.63, 3.8) is 0 Å². The largest absolute Gasteiger partial charge is 0.298 e. The summed E-state index contributed by atoms with van der Waals surface area (Å²) in [6.45, 7) is 4.88. The van der Waals surface area contributed by atoms with Crippen molar-refractivity contribution in [2.75, 3.05) is 0 Å². The van der Waals surface area contributed by atoms with Crippen LogP contribution in [0.1, 0.15) is 6.92 Å². The SMILES string of the molecule is C=C/N=C(Cl)\C(C=O)=C(/C)Cl. The van der Waals surface area contributed by atoms with Crippen molar-refractivity contribution in [2.24, 2.45) is 4.99 Å². The summed E-state index contributed by atoms with van der Waals surface area (Å²) in [5.41, 5.74) is 0.188. The second-order valence-electron chi connectivity index (χ2n) is 1.67. The smallest absolute Gasteiger partial charge is 0.154 e. The Hall–Kier alpha value is -0.600. The lowest BCUT2D eigenvalue weighted by Crippen LogP contribution is -1.96. The first-order valence-corrected chi connectivity index (χ1v) is 3.55. The molecule has 0 aliphatic heterocycles. The van der Waals surface area contributed by atoms with E-state index in [1.807, 2.05) is 0 Å². The number of halogens is 2. The molecule has 0 unspecified atom stereocenters. The van der Waals surface area contributed by atoms with Crippen LogP contribution in [0.5, 0.6) is 0 Å². The third-order valence-electron chi connectivity index (χ3n) is 0.916. The van der Waals surface area contributed by atoms with Crippen molar-refractivity contribution in [3.8, 4) is 0 Å². The highest BCUT2D eigenvalue weighted by Gasteiger charge is 2.04.